The number of halogens is 1. The predicted octanol–water partition coefficient (Wildman–Crippen LogP) is 3.63. The summed E-state index contributed by atoms with van der Waals surface area (Å²) < 4.78 is 5.64. The number of aromatic nitrogens is 1. The first kappa shape index (κ1) is 20.7. The molecule has 0 amide bonds. The number of aliphatic imine (C=N–C) groups is 1. The molecule has 24 heavy (non-hydrogen) atoms. The third kappa shape index (κ3) is 7.04. The maximum atomic E-state index is 5.64. The molecular weight excluding hydrogens is 435 g/mol. The number of hydrogen-bond acceptors (Lipinski definition) is 4. The van der Waals surface area contributed by atoms with Crippen LogP contribution in [0.1, 0.15) is 30.5 Å². The highest BCUT2D eigenvalue weighted by atomic mass is 127. The predicted molar refractivity (Wildman–Crippen MR) is 112 cm³/mol. The first-order valence-electron chi connectivity index (χ1n) is 7.75. The Hall–Kier alpha value is -1.35. The van der Waals surface area contributed by atoms with Gasteiger partial charge in [0.05, 0.1) is 23.8 Å². The molecule has 2 rings (SSSR count). The molecule has 0 saturated heterocycles. The largest absolute Gasteiger partial charge is 0.492 e. The molecule has 1 aromatic carbocycles. The number of guanidine groups is 1. The van der Waals surface area contributed by atoms with Gasteiger partial charge in [-0.25, -0.2) is 4.98 Å². The highest BCUT2D eigenvalue weighted by molar-refractivity contribution is 14.0. The van der Waals surface area contributed by atoms with E-state index in [1.807, 2.05) is 30.3 Å². The Labute approximate surface area is 165 Å². The zero-order chi connectivity index (χ0) is 16.5. The summed E-state index contributed by atoms with van der Waals surface area (Å²) in [6.07, 6.45) is 0. The van der Waals surface area contributed by atoms with Gasteiger partial charge in [-0.3, -0.25) is 4.99 Å². The van der Waals surface area contributed by atoms with E-state index in [1.54, 1.807) is 18.4 Å². The van der Waals surface area contributed by atoms with Crippen molar-refractivity contribution in [1.29, 1.82) is 0 Å². The van der Waals surface area contributed by atoms with Gasteiger partial charge in [0.25, 0.3) is 0 Å². The van der Waals surface area contributed by atoms with Crippen LogP contribution in [-0.4, -0.2) is 31.1 Å². The number of nitrogens with one attached hydrogen (secondary N) is 2. The molecule has 0 aliphatic rings. The van der Waals surface area contributed by atoms with Gasteiger partial charge in [-0.15, -0.1) is 35.3 Å². The number of hydrogen-bond donors (Lipinski definition) is 2. The first-order valence-corrected chi connectivity index (χ1v) is 8.63. The first-order chi connectivity index (χ1) is 11.2. The number of rotatable bonds is 7. The minimum atomic E-state index is 0. The third-order valence-corrected chi connectivity index (χ3v) is 4.32. The number of nitrogens with zero attached hydrogens (tertiary/aromatic N) is 2. The fourth-order valence-corrected chi connectivity index (χ4v) is 2.75. The Morgan fingerprint density at radius 2 is 2.00 bits per heavy atom. The van der Waals surface area contributed by atoms with E-state index in [-0.39, 0.29) is 24.0 Å². The van der Waals surface area contributed by atoms with E-state index in [0.717, 1.165) is 17.4 Å². The van der Waals surface area contributed by atoms with E-state index in [9.17, 15) is 0 Å². The second kappa shape index (κ2) is 11.2. The van der Waals surface area contributed by atoms with E-state index in [2.05, 4.69) is 39.8 Å². The molecule has 0 radical (unpaired) electrons. The SMILES string of the molecule is CN=C(NCCOc1ccccc1)NCc1csc(C(C)C)n1.I. The lowest BCUT2D eigenvalue weighted by atomic mass is 10.2. The maximum absolute atomic E-state index is 5.64. The molecule has 5 nitrogen and oxygen atoms in total. The highest BCUT2D eigenvalue weighted by Gasteiger charge is 2.06. The summed E-state index contributed by atoms with van der Waals surface area (Å²) in [6, 6.07) is 9.79. The van der Waals surface area contributed by atoms with Crippen molar-refractivity contribution in [3.8, 4) is 5.75 Å². The molecule has 0 unspecified atom stereocenters. The highest BCUT2D eigenvalue weighted by Crippen LogP contribution is 2.18. The van der Waals surface area contributed by atoms with Gasteiger partial charge in [0.1, 0.15) is 12.4 Å². The van der Waals surface area contributed by atoms with Crippen LogP contribution in [0.25, 0.3) is 0 Å². The topological polar surface area (TPSA) is 58.5 Å². The molecule has 2 aromatic rings. The van der Waals surface area contributed by atoms with E-state index < -0.39 is 0 Å². The third-order valence-electron chi connectivity index (χ3n) is 3.13. The Bertz CT molecular complexity index is 616. The molecule has 1 heterocycles. The Kier molecular flexibility index (Phi) is 9.70. The molecule has 0 atom stereocenters. The summed E-state index contributed by atoms with van der Waals surface area (Å²) in [4.78, 5) is 8.80. The van der Waals surface area contributed by atoms with Crippen LogP contribution in [-0.2, 0) is 6.54 Å². The lowest BCUT2D eigenvalue weighted by Gasteiger charge is -2.11. The lowest BCUT2D eigenvalue weighted by Crippen LogP contribution is -2.38. The molecule has 0 spiro atoms. The van der Waals surface area contributed by atoms with Crippen LogP contribution in [0.2, 0.25) is 0 Å². The van der Waals surface area contributed by atoms with Gasteiger partial charge in [-0.1, -0.05) is 32.0 Å². The Balaban J connectivity index is 0.00000288. The van der Waals surface area contributed by atoms with Crippen LogP contribution in [0.5, 0.6) is 5.75 Å². The number of para-hydroxylation sites is 1. The van der Waals surface area contributed by atoms with Crippen molar-refractivity contribution in [3.63, 3.8) is 0 Å². The average Bonchev–Trinajstić information content (AvgIpc) is 3.04. The molecule has 1 aromatic heterocycles. The minimum Gasteiger partial charge on any atom is -0.492 e. The van der Waals surface area contributed by atoms with Crippen molar-refractivity contribution in [2.24, 2.45) is 4.99 Å². The van der Waals surface area contributed by atoms with Crippen molar-refractivity contribution in [3.05, 3.63) is 46.4 Å². The summed E-state index contributed by atoms with van der Waals surface area (Å²) >= 11 is 1.70. The van der Waals surface area contributed by atoms with Crippen LogP contribution < -0.4 is 15.4 Å². The second-order valence-electron chi connectivity index (χ2n) is 5.35. The molecule has 7 heteroatoms. The van der Waals surface area contributed by atoms with Crippen molar-refractivity contribution < 1.29 is 4.74 Å². The van der Waals surface area contributed by atoms with Gasteiger partial charge in [-0.2, -0.15) is 0 Å². The summed E-state index contributed by atoms with van der Waals surface area (Å²) in [6.45, 7) is 6.25. The van der Waals surface area contributed by atoms with Crippen LogP contribution in [0.15, 0.2) is 40.7 Å². The van der Waals surface area contributed by atoms with Crippen molar-refractivity contribution >= 4 is 41.3 Å². The van der Waals surface area contributed by atoms with E-state index in [4.69, 9.17) is 4.74 Å². The van der Waals surface area contributed by atoms with Crippen molar-refractivity contribution in [2.45, 2.75) is 26.3 Å². The maximum Gasteiger partial charge on any atom is 0.191 e. The van der Waals surface area contributed by atoms with Gasteiger partial charge >= 0.3 is 0 Å². The van der Waals surface area contributed by atoms with Crippen LogP contribution in [0.4, 0.5) is 0 Å². The quantitative estimate of drug-likeness (QED) is 0.287. The monoisotopic (exact) mass is 460 g/mol. The van der Waals surface area contributed by atoms with Crippen LogP contribution in [0, 0.1) is 0 Å². The fraction of sp³-hybridized carbons (Fsp3) is 0.412. The minimum absolute atomic E-state index is 0. The van der Waals surface area contributed by atoms with Crippen molar-refractivity contribution in [1.82, 2.24) is 15.6 Å². The molecule has 0 aliphatic carbocycles. The second-order valence-corrected chi connectivity index (χ2v) is 6.24. The van der Waals surface area contributed by atoms with Crippen molar-refractivity contribution in [2.75, 3.05) is 20.2 Å². The number of thiazole rings is 1. The number of ether oxygens (including phenoxy) is 1. The molecule has 132 valence electrons. The van der Waals surface area contributed by atoms with Gasteiger partial charge < -0.3 is 15.4 Å². The van der Waals surface area contributed by atoms with E-state index >= 15 is 0 Å². The zero-order valence-electron chi connectivity index (χ0n) is 14.3. The van der Waals surface area contributed by atoms with Gasteiger partial charge in [0, 0.05) is 18.3 Å². The van der Waals surface area contributed by atoms with Gasteiger partial charge in [0.15, 0.2) is 5.96 Å². The summed E-state index contributed by atoms with van der Waals surface area (Å²) in [5, 5.41) is 9.75. The summed E-state index contributed by atoms with van der Waals surface area (Å²) in [7, 11) is 1.76. The molecular formula is C17H25IN4OS. The molecule has 0 aliphatic heterocycles. The normalized spacial score (nSPS) is 11.1. The fourth-order valence-electron chi connectivity index (χ4n) is 1.92. The van der Waals surface area contributed by atoms with Crippen LogP contribution in [0.3, 0.4) is 0 Å². The number of benzene rings is 1. The standard InChI is InChI=1S/C17H24N4OS.HI/c1-13(2)16-21-14(12-23-16)11-20-17(18-3)19-9-10-22-15-7-5-4-6-8-15;/h4-8,12-13H,9-11H2,1-3H3,(H2,18,19,20);1H. The summed E-state index contributed by atoms with van der Waals surface area (Å²) in [5.74, 6) is 2.10. The summed E-state index contributed by atoms with van der Waals surface area (Å²) in [5.41, 5.74) is 1.04. The van der Waals surface area contributed by atoms with E-state index in [1.165, 1.54) is 5.01 Å². The smallest absolute Gasteiger partial charge is 0.191 e. The average molecular weight is 460 g/mol. The Morgan fingerprint density at radius 3 is 2.62 bits per heavy atom. The lowest BCUT2D eigenvalue weighted by molar-refractivity contribution is 0.322. The molecule has 2 N–H and O–H groups in total. The zero-order valence-corrected chi connectivity index (χ0v) is 17.4. The molecule has 0 bridgehead atoms. The van der Waals surface area contributed by atoms with Gasteiger partial charge in [-0.05, 0) is 12.1 Å². The Morgan fingerprint density at radius 1 is 1.25 bits per heavy atom. The van der Waals surface area contributed by atoms with E-state index in [0.29, 0.717) is 25.6 Å². The molecule has 0 fully saturated rings. The van der Waals surface area contributed by atoms with Crippen LogP contribution >= 0.6 is 35.3 Å². The van der Waals surface area contributed by atoms with Gasteiger partial charge in [0.2, 0.25) is 0 Å². The molecule has 0 saturated carbocycles.